The van der Waals surface area contributed by atoms with Crippen LogP contribution in [0.2, 0.25) is 5.02 Å². The van der Waals surface area contributed by atoms with Gasteiger partial charge in [0.1, 0.15) is 0 Å². The Labute approximate surface area is 167 Å². The molecule has 0 unspecified atom stereocenters. The van der Waals surface area contributed by atoms with Crippen LogP contribution in [-0.2, 0) is 9.47 Å². The largest absolute Gasteiger partial charge is 0.452 e. The van der Waals surface area contributed by atoms with Gasteiger partial charge in [0.15, 0.2) is 0 Å². The number of hydrogen-bond acceptors (Lipinski definition) is 4. The number of halogens is 1. The van der Waals surface area contributed by atoms with Crippen LogP contribution in [-0.4, -0.2) is 56.5 Å². The summed E-state index contributed by atoms with van der Waals surface area (Å²) in [5, 5.41) is 0.662. The van der Waals surface area contributed by atoms with Gasteiger partial charge in [-0.05, 0) is 82.3 Å². The Morgan fingerprint density at radius 3 is 2.44 bits per heavy atom. The smallest absolute Gasteiger partial charge is 0.414 e. The van der Waals surface area contributed by atoms with Crippen molar-refractivity contribution in [3.63, 3.8) is 0 Å². The van der Waals surface area contributed by atoms with Crippen molar-refractivity contribution >= 4 is 23.4 Å². The van der Waals surface area contributed by atoms with Crippen LogP contribution < -0.4 is 4.90 Å². The molecule has 0 aromatic heterocycles. The minimum Gasteiger partial charge on any atom is -0.452 e. The zero-order valence-electron chi connectivity index (χ0n) is 16.2. The van der Waals surface area contributed by atoms with Crippen LogP contribution in [0.15, 0.2) is 24.3 Å². The predicted molar refractivity (Wildman–Crippen MR) is 109 cm³/mol. The molecule has 0 N–H and O–H groups in total. The fraction of sp³-hybridized carbons (Fsp3) is 0.667. The summed E-state index contributed by atoms with van der Waals surface area (Å²) in [7, 11) is 1.43. The highest BCUT2D eigenvalue weighted by atomic mass is 35.5. The van der Waals surface area contributed by atoms with Crippen molar-refractivity contribution in [2.45, 2.75) is 57.1 Å². The van der Waals surface area contributed by atoms with Crippen molar-refractivity contribution in [3.05, 3.63) is 29.3 Å². The van der Waals surface area contributed by atoms with Crippen LogP contribution in [0.4, 0.5) is 10.5 Å². The molecule has 5 nitrogen and oxygen atoms in total. The van der Waals surface area contributed by atoms with Gasteiger partial charge in [0.2, 0.25) is 0 Å². The molecule has 6 heteroatoms. The van der Waals surface area contributed by atoms with E-state index in [1.807, 2.05) is 24.3 Å². The molecule has 0 bridgehead atoms. The first kappa shape index (κ1) is 20.4. The Hall–Kier alpha value is -1.30. The fourth-order valence-corrected chi connectivity index (χ4v) is 4.31. The van der Waals surface area contributed by atoms with Gasteiger partial charge in [-0.3, -0.25) is 4.90 Å². The number of anilines is 1. The van der Waals surface area contributed by atoms with E-state index in [1.54, 1.807) is 4.90 Å². The molecule has 27 heavy (non-hydrogen) atoms. The van der Waals surface area contributed by atoms with Crippen molar-refractivity contribution in [2.24, 2.45) is 0 Å². The number of carbonyl (C=O) groups excluding carboxylic acids is 1. The molecule has 1 saturated heterocycles. The van der Waals surface area contributed by atoms with Crippen molar-refractivity contribution in [1.29, 1.82) is 0 Å². The van der Waals surface area contributed by atoms with Crippen LogP contribution in [0.1, 0.15) is 44.9 Å². The monoisotopic (exact) mass is 394 g/mol. The summed E-state index contributed by atoms with van der Waals surface area (Å²) < 4.78 is 11.1. The van der Waals surface area contributed by atoms with Gasteiger partial charge < -0.3 is 14.4 Å². The summed E-state index contributed by atoms with van der Waals surface area (Å²) in [6.45, 7) is 4.49. The van der Waals surface area contributed by atoms with Crippen LogP contribution in [0.25, 0.3) is 0 Å². The van der Waals surface area contributed by atoms with Crippen LogP contribution >= 0.6 is 11.6 Å². The first-order valence-corrected chi connectivity index (χ1v) is 10.5. The molecule has 1 aliphatic heterocycles. The number of benzene rings is 1. The summed E-state index contributed by atoms with van der Waals surface area (Å²) >= 11 is 5.98. The van der Waals surface area contributed by atoms with Gasteiger partial charge in [0.25, 0.3) is 0 Å². The normalized spacial score (nSPS) is 23.3. The fourth-order valence-electron chi connectivity index (χ4n) is 4.18. The molecule has 1 aliphatic carbocycles. The van der Waals surface area contributed by atoms with E-state index < -0.39 is 0 Å². The molecular weight excluding hydrogens is 364 g/mol. The van der Waals surface area contributed by atoms with E-state index in [9.17, 15) is 4.79 Å². The molecule has 0 atom stereocenters. The number of carbonyl (C=O) groups is 1. The quantitative estimate of drug-likeness (QED) is 0.627. The van der Waals surface area contributed by atoms with Crippen LogP contribution in [0.5, 0.6) is 0 Å². The lowest BCUT2D eigenvalue weighted by atomic mass is 9.91. The molecule has 1 heterocycles. The molecule has 150 valence electrons. The Balaban J connectivity index is 1.45. The Morgan fingerprint density at radius 1 is 1.15 bits per heavy atom. The minimum absolute atomic E-state index is 0.142. The highest BCUT2D eigenvalue weighted by molar-refractivity contribution is 6.30. The summed E-state index contributed by atoms with van der Waals surface area (Å²) in [4.78, 5) is 16.6. The third-order valence-corrected chi connectivity index (χ3v) is 5.91. The average Bonchev–Trinajstić information content (AvgIpc) is 3.21. The maximum absolute atomic E-state index is 12.3. The summed E-state index contributed by atoms with van der Waals surface area (Å²) in [5.41, 5.74) is 0.834. The lowest BCUT2D eigenvalue weighted by Crippen LogP contribution is -2.43. The van der Waals surface area contributed by atoms with E-state index in [4.69, 9.17) is 21.1 Å². The predicted octanol–water partition coefficient (Wildman–Crippen LogP) is 4.73. The van der Waals surface area contributed by atoms with Crippen LogP contribution in [0.3, 0.4) is 0 Å². The van der Waals surface area contributed by atoms with Gasteiger partial charge in [-0.15, -0.1) is 0 Å². The second kappa shape index (κ2) is 10.3. The van der Waals surface area contributed by atoms with Crippen molar-refractivity contribution < 1.29 is 14.3 Å². The van der Waals surface area contributed by atoms with E-state index in [2.05, 4.69) is 4.90 Å². The maximum Gasteiger partial charge on any atom is 0.414 e. The van der Waals surface area contributed by atoms with E-state index in [0.29, 0.717) is 11.1 Å². The summed E-state index contributed by atoms with van der Waals surface area (Å²) in [6.07, 6.45) is 7.61. The van der Waals surface area contributed by atoms with E-state index in [1.165, 1.54) is 33.0 Å². The molecule has 1 aromatic carbocycles. The zero-order valence-corrected chi connectivity index (χ0v) is 17.0. The Kier molecular flexibility index (Phi) is 7.80. The highest BCUT2D eigenvalue weighted by Crippen LogP contribution is 2.30. The van der Waals surface area contributed by atoms with E-state index >= 15 is 0 Å². The Bertz CT molecular complexity index is 582. The van der Waals surface area contributed by atoms with Crippen molar-refractivity contribution in [1.82, 2.24) is 4.90 Å². The molecular formula is C21H31ClN2O3. The number of rotatable bonds is 7. The number of methoxy groups -OCH3 is 1. The molecule has 2 fully saturated rings. The molecule has 1 amide bonds. The molecule has 2 aliphatic rings. The first-order valence-electron chi connectivity index (χ1n) is 10.1. The molecule has 1 aromatic rings. The summed E-state index contributed by atoms with van der Waals surface area (Å²) in [6, 6.07) is 7.51. The number of nitrogens with zero attached hydrogens (tertiary/aromatic N) is 2. The topological polar surface area (TPSA) is 42.0 Å². The third-order valence-electron chi connectivity index (χ3n) is 5.66. The van der Waals surface area contributed by atoms with Crippen molar-refractivity contribution in [3.8, 4) is 0 Å². The Morgan fingerprint density at radius 2 is 1.81 bits per heavy atom. The average molecular weight is 395 g/mol. The van der Waals surface area contributed by atoms with Gasteiger partial charge in [0.05, 0.1) is 13.2 Å². The number of hydrogen-bond donors (Lipinski definition) is 0. The van der Waals surface area contributed by atoms with Crippen molar-refractivity contribution in [2.75, 3.05) is 38.3 Å². The van der Waals surface area contributed by atoms with E-state index in [-0.39, 0.29) is 12.1 Å². The van der Waals surface area contributed by atoms with Gasteiger partial charge in [-0.2, -0.15) is 0 Å². The van der Waals surface area contributed by atoms with Crippen LogP contribution in [0, 0.1) is 0 Å². The minimum atomic E-state index is -0.313. The second-order valence-corrected chi connectivity index (χ2v) is 7.96. The lowest BCUT2D eigenvalue weighted by Gasteiger charge is -2.36. The highest BCUT2D eigenvalue weighted by Gasteiger charge is 2.31. The van der Waals surface area contributed by atoms with Gasteiger partial charge in [-0.1, -0.05) is 11.6 Å². The van der Waals surface area contributed by atoms with Gasteiger partial charge >= 0.3 is 6.09 Å². The molecule has 0 spiro atoms. The zero-order chi connectivity index (χ0) is 19.1. The standard InChI is InChI=1S/C21H31ClN2O3/c1-26-21(25)24(18-7-5-17(22)6-8-18)19-9-11-20(12-10-19)27-16-4-15-23-13-2-3-14-23/h5-8,19-20H,2-4,9-16H2,1H3. The lowest BCUT2D eigenvalue weighted by molar-refractivity contribution is 0.0205. The number of ether oxygens (including phenoxy) is 2. The SMILES string of the molecule is COC(=O)N(c1ccc(Cl)cc1)C1CCC(OCCCN2CCCC2)CC1. The third kappa shape index (κ3) is 5.84. The maximum atomic E-state index is 12.3. The summed E-state index contributed by atoms with van der Waals surface area (Å²) in [5.74, 6) is 0. The van der Waals surface area contributed by atoms with Gasteiger partial charge in [0, 0.05) is 29.9 Å². The molecule has 3 rings (SSSR count). The second-order valence-electron chi connectivity index (χ2n) is 7.52. The first-order chi connectivity index (χ1) is 13.2. The van der Waals surface area contributed by atoms with Gasteiger partial charge in [-0.25, -0.2) is 4.79 Å². The molecule has 1 saturated carbocycles. The number of likely N-dealkylation sites (tertiary alicyclic amines) is 1. The number of amides is 1. The molecule has 0 radical (unpaired) electrons. The van der Waals surface area contributed by atoms with E-state index in [0.717, 1.165) is 50.9 Å².